The van der Waals surface area contributed by atoms with Gasteiger partial charge >= 0.3 is 0 Å². The topological polar surface area (TPSA) is 81.6 Å². The van der Waals surface area contributed by atoms with Crippen LogP contribution in [0.2, 0.25) is 0 Å². The number of aromatic nitrogens is 2. The largest absolute Gasteiger partial charge is 0.395 e. The summed E-state index contributed by atoms with van der Waals surface area (Å²) in [7, 11) is 0. The van der Waals surface area contributed by atoms with Gasteiger partial charge in [-0.1, -0.05) is 24.5 Å². The maximum absolute atomic E-state index is 13.1. The average molecular weight is 458 g/mol. The number of likely N-dealkylation sites (tertiary alicyclic amines) is 1. The monoisotopic (exact) mass is 457 g/mol. The molecule has 34 heavy (non-hydrogen) atoms. The van der Waals surface area contributed by atoms with Crippen molar-refractivity contribution in [2.45, 2.75) is 25.7 Å². The highest BCUT2D eigenvalue weighted by Gasteiger charge is 2.17. The molecule has 0 saturated carbocycles. The molecule has 1 aliphatic rings. The first-order valence-corrected chi connectivity index (χ1v) is 11.8. The summed E-state index contributed by atoms with van der Waals surface area (Å²) in [6.07, 6.45) is 11.0. The Bertz CT molecular complexity index is 1170. The number of aliphatic hydroxyl groups excluding tert-OH is 1. The van der Waals surface area contributed by atoms with Gasteiger partial charge in [0.25, 0.3) is 0 Å². The SMILES string of the molecule is C#Cc1cccc(Nc2ncnc3ccc(CC(=O)N(CCO)CCN4CCCCC4)cc23)c1. The second-order valence-electron chi connectivity index (χ2n) is 8.61. The lowest BCUT2D eigenvalue weighted by Gasteiger charge is -2.30. The van der Waals surface area contributed by atoms with Crippen molar-refractivity contribution in [1.82, 2.24) is 19.8 Å². The Kier molecular flexibility index (Phi) is 8.08. The van der Waals surface area contributed by atoms with Crippen molar-refractivity contribution in [3.05, 3.63) is 59.9 Å². The number of amides is 1. The molecule has 3 aromatic rings. The van der Waals surface area contributed by atoms with Crippen LogP contribution in [0.15, 0.2) is 48.8 Å². The number of aliphatic hydroxyl groups is 1. The van der Waals surface area contributed by atoms with Gasteiger partial charge < -0.3 is 20.2 Å². The minimum Gasteiger partial charge on any atom is -0.395 e. The Morgan fingerprint density at radius 3 is 2.76 bits per heavy atom. The van der Waals surface area contributed by atoms with E-state index < -0.39 is 0 Å². The molecule has 0 atom stereocenters. The van der Waals surface area contributed by atoms with Crippen LogP contribution in [0.1, 0.15) is 30.4 Å². The Morgan fingerprint density at radius 2 is 1.97 bits per heavy atom. The maximum atomic E-state index is 13.1. The van der Waals surface area contributed by atoms with Crippen LogP contribution >= 0.6 is 0 Å². The molecule has 0 unspecified atom stereocenters. The smallest absolute Gasteiger partial charge is 0.227 e. The summed E-state index contributed by atoms with van der Waals surface area (Å²) in [4.78, 5) is 26.0. The second kappa shape index (κ2) is 11.6. The number of piperidine rings is 1. The molecular weight excluding hydrogens is 426 g/mol. The third kappa shape index (κ3) is 6.10. The van der Waals surface area contributed by atoms with E-state index in [-0.39, 0.29) is 18.9 Å². The van der Waals surface area contributed by atoms with Gasteiger partial charge in [-0.05, 0) is 61.8 Å². The number of anilines is 2. The molecule has 7 nitrogen and oxygen atoms in total. The van der Waals surface area contributed by atoms with E-state index in [0.29, 0.717) is 18.9 Å². The molecule has 0 spiro atoms. The molecule has 2 aromatic carbocycles. The lowest BCUT2D eigenvalue weighted by atomic mass is 10.1. The number of rotatable bonds is 9. The van der Waals surface area contributed by atoms with Crippen molar-refractivity contribution < 1.29 is 9.90 Å². The van der Waals surface area contributed by atoms with Crippen LogP contribution in [0.4, 0.5) is 11.5 Å². The molecule has 0 bridgehead atoms. The number of carbonyl (C=O) groups excluding carboxylic acids is 1. The fourth-order valence-corrected chi connectivity index (χ4v) is 4.35. The van der Waals surface area contributed by atoms with Gasteiger partial charge in [0, 0.05) is 36.3 Å². The van der Waals surface area contributed by atoms with Crippen LogP contribution in [-0.2, 0) is 11.2 Å². The fourth-order valence-electron chi connectivity index (χ4n) is 4.35. The molecule has 2 N–H and O–H groups in total. The van der Waals surface area contributed by atoms with Crippen LogP contribution in [0.5, 0.6) is 0 Å². The first kappa shape index (κ1) is 23.7. The number of carbonyl (C=O) groups is 1. The molecule has 1 amide bonds. The molecule has 2 heterocycles. The summed E-state index contributed by atoms with van der Waals surface area (Å²) in [5, 5.41) is 13.7. The van der Waals surface area contributed by atoms with Crippen molar-refractivity contribution in [1.29, 1.82) is 0 Å². The van der Waals surface area contributed by atoms with Gasteiger partial charge in [0.05, 0.1) is 18.5 Å². The van der Waals surface area contributed by atoms with E-state index in [1.165, 1.54) is 25.6 Å². The molecule has 176 valence electrons. The number of hydrogen-bond donors (Lipinski definition) is 2. The number of fused-ring (bicyclic) bond motifs is 1. The van der Waals surface area contributed by atoms with E-state index in [4.69, 9.17) is 6.42 Å². The van der Waals surface area contributed by atoms with Crippen molar-refractivity contribution in [3.63, 3.8) is 0 Å². The summed E-state index contributed by atoms with van der Waals surface area (Å²) in [5.41, 5.74) is 3.29. The van der Waals surface area contributed by atoms with Gasteiger partial charge in [-0.2, -0.15) is 0 Å². The zero-order valence-electron chi connectivity index (χ0n) is 19.4. The zero-order valence-corrected chi connectivity index (χ0v) is 19.4. The Hall–Kier alpha value is -3.47. The standard InChI is InChI=1S/C27H31N5O2/c1-2-21-7-6-8-23(17-21)30-27-24-18-22(9-10-25(24)28-20-29-27)19-26(34)32(15-16-33)14-13-31-11-4-3-5-12-31/h1,6-10,17-18,20,33H,3-5,11-16,19H2,(H,28,29,30). The van der Waals surface area contributed by atoms with Crippen LogP contribution in [0.25, 0.3) is 10.9 Å². The summed E-state index contributed by atoms with van der Waals surface area (Å²) < 4.78 is 0. The summed E-state index contributed by atoms with van der Waals surface area (Å²) in [6, 6.07) is 13.4. The van der Waals surface area contributed by atoms with Crippen LogP contribution in [0.3, 0.4) is 0 Å². The Morgan fingerprint density at radius 1 is 1.12 bits per heavy atom. The number of nitrogens with one attached hydrogen (secondary N) is 1. The van der Waals surface area contributed by atoms with Crippen molar-refractivity contribution >= 4 is 28.3 Å². The van der Waals surface area contributed by atoms with E-state index in [2.05, 4.69) is 26.1 Å². The van der Waals surface area contributed by atoms with Gasteiger partial charge in [0.2, 0.25) is 5.91 Å². The highest BCUT2D eigenvalue weighted by molar-refractivity contribution is 5.92. The maximum Gasteiger partial charge on any atom is 0.227 e. The predicted molar refractivity (Wildman–Crippen MR) is 135 cm³/mol. The van der Waals surface area contributed by atoms with Gasteiger partial charge in [0.15, 0.2) is 0 Å². The summed E-state index contributed by atoms with van der Waals surface area (Å²) in [6.45, 7) is 3.97. The van der Waals surface area contributed by atoms with E-state index in [0.717, 1.165) is 47.4 Å². The molecule has 1 fully saturated rings. The number of terminal acetylenes is 1. The normalized spacial score (nSPS) is 14.0. The molecule has 1 aromatic heterocycles. The molecule has 7 heteroatoms. The van der Waals surface area contributed by atoms with Crippen LogP contribution in [-0.4, -0.2) is 70.1 Å². The van der Waals surface area contributed by atoms with Gasteiger partial charge in [0.1, 0.15) is 12.1 Å². The molecule has 0 aliphatic carbocycles. The van der Waals surface area contributed by atoms with Crippen LogP contribution < -0.4 is 5.32 Å². The molecule has 0 radical (unpaired) electrons. The van der Waals surface area contributed by atoms with Crippen molar-refractivity contribution in [2.75, 3.05) is 44.6 Å². The molecule has 1 saturated heterocycles. The third-order valence-corrected chi connectivity index (χ3v) is 6.20. The van der Waals surface area contributed by atoms with Gasteiger partial charge in [-0.3, -0.25) is 4.79 Å². The molecule has 4 rings (SSSR count). The highest BCUT2D eigenvalue weighted by atomic mass is 16.3. The lowest BCUT2D eigenvalue weighted by molar-refractivity contribution is -0.131. The number of hydrogen-bond acceptors (Lipinski definition) is 6. The first-order chi connectivity index (χ1) is 16.7. The first-order valence-electron chi connectivity index (χ1n) is 11.8. The van der Waals surface area contributed by atoms with E-state index in [1.54, 1.807) is 4.90 Å². The van der Waals surface area contributed by atoms with E-state index in [9.17, 15) is 9.90 Å². The van der Waals surface area contributed by atoms with E-state index >= 15 is 0 Å². The molecular formula is C27H31N5O2. The average Bonchev–Trinajstić information content (AvgIpc) is 2.87. The van der Waals surface area contributed by atoms with Gasteiger partial charge in [-0.15, -0.1) is 6.42 Å². The van der Waals surface area contributed by atoms with Gasteiger partial charge in [-0.25, -0.2) is 9.97 Å². The Balaban J connectivity index is 1.48. The van der Waals surface area contributed by atoms with Crippen LogP contribution in [0, 0.1) is 12.3 Å². The zero-order chi connectivity index (χ0) is 23.8. The van der Waals surface area contributed by atoms with Crippen molar-refractivity contribution in [3.8, 4) is 12.3 Å². The quantitative estimate of drug-likeness (QED) is 0.480. The predicted octanol–water partition coefficient (Wildman–Crippen LogP) is 3.20. The number of benzene rings is 2. The molecule has 1 aliphatic heterocycles. The minimum atomic E-state index is -0.0396. The third-order valence-electron chi connectivity index (χ3n) is 6.20. The van der Waals surface area contributed by atoms with Crippen molar-refractivity contribution in [2.24, 2.45) is 0 Å². The highest BCUT2D eigenvalue weighted by Crippen LogP contribution is 2.25. The fraction of sp³-hybridized carbons (Fsp3) is 0.370. The minimum absolute atomic E-state index is 0.0125. The number of nitrogens with zero attached hydrogens (tertiary/aromatic N) is 4. The second-order valence-corrected chi connectivity index (χ2v) is 8.61. The summed E-state index contributed by atoms with van der Waals surface area (Å²) >= 11 is 0. The lowest BCUT2D eigenvalue weighted by Crippen LogP contribution is -2.42. The summed E-state index contributed by atoms with van der Waals surface area (Å²) in [5.74, 6) is 3.31. The van der Waals surface area contributed by atoms with E-state index in [1.807, 2.05) is 42.5 Å². The Labute approximate surface area is 200 Å².